The molecular formula is C12H15ClN2O4S. The van der Waals surface area contributed by atoms with Gasteiger partial charge in [0.15, 0.2) is 6.61 Å². The van der Waals surface area contributed by atoms with Crippen molar-refractivity contribution in [1.82, 2.24) is 4.72 Å². The standard InChI is InChI=1S/C12H15ClN2O4S/c1-3-7(2)15-20(17,18)11-5-10-9(4-8(11)13)14-12(16)6-19-10/h4-5,7,15H,3,6H2,1-2H3,(H,14,16)/t7-/m0/s1. The van der Waals surface area contributed by atoms with Crippen molar-refractivity contribution in [2.24, 2.45) is 0 Å². The third kappa shape index (κ3) is 3.05. The lowest BCUT2D eigenvalue weighted by atomic mass is 10.2. The summed E-state index contributed by atoms with van der Waals surface area (Å²) in [6.07, 6.45) is 0.661. The Hall–Kier alpha value is -1.31. The van der Waals surface area contributed by atoms with Crippen molar-refractivity contribution in [3.8, 4) is 5.75 Å². The van der Waals surface area contributed by atoms with Crippen molar-refractivity contribution in [3.05, 3.63) is 17.2 Å². The lowest BCUT2D eigenvalue weighted by Gasteiger charge is -2.20. The van der Waals surface area contributed by atoms with Crippen molar-refractivity contribution in [3.63, 3.8) is 0 Å². The van der Waals surface area contributed by atoms with Gasteiger partial charge in [-0.1, -0.05) is 18.5 Å². The van der Waals surface area contributed by atoms with E-state index in [1.54, 1.807) is 6.92 Å². The number of hydrogen-bond donors (Lipinski definition) is 2. The minimum absolute atomic E-state index is 0.0327. The number of hydrogen-bond acceptors (Lipinski definition) is 4. The normalized spacial score (nSPS) is 16.1. The van der Waals surface area contributed by atoms with Gasteiger partial charge in [0.1, 0.15) is 10.6 Å². The molecule has 20 heavy (non-hydrogen) atoms. The van der Waals surface area contributed by atoms with Gasteiger partial charge in [0.05, 0.1) is 10.7 Å². The number of carbonyl (C=O) groups is 1. The molecule has 0 aliphatic carbocycles. The summed E-state index contributed by atoms with van der Waals surface area (Å²) in [7, 11) is -3.72. The first kappa shape index (κ1) is 15.1. The van der Waals surface area contributed by atoms with Crippen molar-refractivity contribution in [2.75, 3.05) is 11.9 Å². The second-order valence-corrected chi connectivity index (χ2v) is 6.64. The number of rotatable bonds is 4. The van der Waals surface area contributed by atoms with Gasteiger partial charge >= 0.3 is 0 Å². The van der Waals surface area contributed by atoms with E-state index >= 15 is 0 Å². The summed E-state index contributed by atoms with van der Waals surface area (Å²) in [5.41, 5.74) is 0.369. The Morgan fingerprint density at radius 1 is 1.50 bits per heavy atom. The highest BCUT2D eigenvalue weighted by Crippen LogP contribution is 2.35. The molecule has 0 saturated carbocycles. The quantitative estimate of drug-likeness (QED) is 0.885. The Kier molecular flexibility index (Phi) is 4.22. The summed E-state index contributed by atoms with van der Waals surface area (Å²) in [4.78, 5) is 11.1. The Labute approximate surface area is 122 Å². The monoisotopic (exact) mass is 318 g/mol. The summed E-state index contributed by atoms with van der Waals surface area (Å²) in [6, 6.07) is 2.49. The van der Waals surface area contributed by atoms with E-state index in [1.807, 2.05) is 6.92 Å². The molecule has 110 valence electrons. The van der Waals surface area contributed by atoms with Gasteiger partial charge in [0, 0.05) is 12.1 Å². The van der Waals surface area contributed by atoms with E-state index in [4.69, 9.17) is 16.3 Å². The third-order valence-corrected chi connectivity index (χ3v) is 4.98. The lowest BCUT2D eigenvalue weighted by Crippen LogP contribution is -2.32. The van der Waals surface area contributed by atoms with E-state index in [9.17, 15) is 13.2 Å². The van der Waals surface area contributed by atoms with Crippen LogP contribution in [0.15, 0.2) is 17.0 Å². The maximum Gasteiger partial charge on any atom is 0.262 e. The molecule has 0 bridgehead atoms. The minimum Gasteiger partial charge on any atom is -0.482 e. The second kappa shape index (κ2) is 5.59. The number of nitrogens with one attached hydrogen (secondary N) is 2. The molecule has 2 rings (SSSR count). The molecule has 8 heteroatoms. The maximum absolute atomic E-state index is 12.2. The van der Waals surface area contributed by atoms with Gasteiger partial charge in [-0.2, -0.15) is 0 Å². The van der Waals surface area contributed by atoms with Crippen molar-refractivity contribution in [1.29, 1.82) is 0 Å². The molecule has 1 aromatic carbocycles. The number of fused-ring (bicyclic) bond motifs is 1. The van der Waals surface area contributed by atoms with Gasteiger partial charge in [-0.3, -0.25) is 4.79 Å². The molecule has 1 aliphatic heterocycles. The highest BCUT2D eigenvalue weighted by Gasteiger charge is 2.25. The number of benzene rings is 1. The predicted molar refractivity (Wildman–Crippen MR) is 75.7 cm³/mol. The van der Waals surface area contributed by atoms with Crippen LogP contribution in [-0.4, -0.2) is 27.0 Å². The lowest BCUT2D eigenvalue weighted by molar-refractivity contribution is -0.118. The number of ether oxygens (including phenoxy) is 1. The Balaban J connectivity index is 2.41. The molecule has 1 atom stereocenters. The highest BCUT2D eigenvalue weighted by molar-refractivity contribution is 7.89. The van der Waals surface area contributed by atoms with Gasteiger partial charge in [0.25, 0.3) is 5.91 Å². The molecule has 0 fully saturated rings. The molecule has 1 amide bonds. The van der Waals surface area contributed by atoms with Crippen LogP contribution in [-0.2, 0) is 14.8 Å². The van der Waals surface area contributed by atoms with E-state index in [2.05, 4.69) is 10.0 Å². The van der Waals surface area contributed by atoms with Gasteiger partial charge in [-0.05, 0) is 19.4 Å². The molecule has 0 radical (unpaired) electrons. The average Bonchev–Trinajstić information content (AvgIpc) is 2.36. The molecule has 6 nitrogen and oxygen atoms in total. The first-order chi connectivity index (χ1) is 9.33. The second-order valence-electron chi connectivity index (χ2n) is 4.55. The first-order valence-electron chi connectivity index (χ1n) is 6.12. The largest absolute Gasteiger partial charge is 0.482 e. The summed E-state index contributed by atoms with van der Waals surface area (Å²) >= 11 is 5.99. The van der Waals surface area contributed by atoms with Crippen molar-refractivity contribution in [2.45, 2.75) is 31.2 Å². The van der Waals surface area contributed by atoms with Crippen LogP contribution in [0.2, 0.25) is 5.02 Å². The number of amides is 1. The average molecular weight is 319 g/mol. The Bertz CT molecular complexity index is 645. The topological polar surface area (TPSA) is 84.5 Å². The fourth-order valence-electron chi connectivity index (χ4n) is 1.70. The minimum atomic E-state index is -3.72. The van der Waals surface area contributed by atoms with Crippen LogP contribution < -0.4 is 14.8 Å². The van der Waals surface area contributed by atoms with E-state index in [0.717, 1.165) is 0 Å². The summed E-state index contributed by atoms with van der Waals surface area (Å²) < 4.78 is 32.2. The molecule has 1 heterocycles. The van der Waals surface area contributed by atoms with Crippen LogP contribution in [0, 0.1) is 0 Å². The van der Waals surface area contributed by atoms with Crippen LogP contribution in [0.4, 0.5) is 5.69 Å². The Morgan fingerprint density at radius 3 is 2.85 bits per heavy atom. The number of anilines is 1. The molecule has 1 aromatic rings. The van der Waals surface area contributed by atoms with E-state index < -0.39 is 10.0 Å². The van der Waals surface area contributed by atoms with Crippen LogP contribution in [0.5, 0.6) is 5.75 Å². The van der Waals surface area contributed by atoms with Gasteiger partial charge in [-0.15, -0.1) is 0 Å². The molecule has 2 N–H and O–H groups in total. The summed E-state index contributed by atoms with van der Waals surface area (Å²) in [6.45, 7) is 3.49. The van der Waals surface area contributed by atoms with Crippen LogP contribution >= 0.6 is 11.6 Å². The van der Waals surface area contributed by atoms with Crippen molar-refractivity contribution < 1.29 is 17.9 Å². The summed E-state index contributed by atoms with van der Waals surface area (Å²) in [5.74, 6) is -0.0135. The zero-order chi connectivity index (χ0) is 14.9. The first-order valence-corrected chi connectivity index (χ1v) is 7.98. The molecule has 0 aromatic heterocycles. The highest BCUT2D eigenvalue weighted by atomic mass is 35.5. The molecule has 1 aliphatic rings. The number of halogens is 1. The maximum atomic E-state index is 12.2. The van der Waals surface area contributed by atoms with Crippen LogP contribution in [0.25, 0.3) is 0 Å². The van der Waals surface area contributed by atoms with Crippen LogP contribution in [0.3, 0.4) is 0 Å². The predicted octanol–water partition coefficient (Wildman–Crippen LogP) is 1.75. The Morgan fingerprint density at radius 2 is 2.20 bits per heavy atom. The summed E-state index contributed by atoms with van der Waals surface area (Å²) in [5, 5.41) is 2.60. The molecule has 0 unspecified atom stereocenters. The SMILES string of the molecule is CC[C@H](C)NS(=O)(=O)c1cc2c(cc1Cl)NC(=O)CO2. The third-order valence-electron chi connectivity index (χ3n) is 2.93. The zero-order valence-corrected chi connectivity index (χ0v) is 12.6. The fraction of sp³-hybridized carbons (Fsp3) is 0.417. The van der Waals surface area contributed by atoms with E-state index in [0.29, 0.717) is 17.9 Å². The van der Waals surface area contributed by atoms with E-state index in [-0.39, 0.29) is 28.5 Å². The van der Waals surface area contributed by atoms with Gasteiger partial charge in [0.2, 0.25) is 10.0 Å². The smallest absolute Gasteiger partial charge is 0.262 e. The van der Waals surface area contributed by atoms with Crippen LogP contribution in [0.1, 0.15) is 20.3 Å². The van der Waals surface area contributed by atoms with Crippen molar-refractivity contribution >= 4 is 33.2 Å². The fourth-order valence-corrected chi connectivity index (χ4v) is 3.57. The van der Waals surface area contributed by atoms with Gasteiger partial charge < -0.3 is 10.1 Å². The number of carbonyl (C=O) groups excluding carboxylic acids is 1. The molecule has 0 spiro atoms. The molecular weight excluding hydrogens is 304 g/mol. The molecule has 0 saturated heterocycles. The van der Waals surface area contributed by atoms with Gasteiger partial charge in [-0.25, -0.2) is 13.1 Å². The zero-order valence-electron chi connectivity index (χ0n) is 11.1. The number of sulfonamides is 1. The van der Waals surface area contributed by atoms with E-state index in [1.165, 1.54) is 12.1 Å².